The van der Waals surface area contributed by atoms with Crippen LogP contribution in [-0.4, -0.2) is 46.9 Å². The van der Waals surface area contributed by atoms with Gasteiger partial charge in [0.2, 0.25) is 0 Å². The number of alkyl halides is 3. The molecule has 2 heterocycles. The van der Waals surface area contributed by atoms with Crippen LogP contribution in [0.4, 0.5) is 29.3 Å². The fourth-order valence-corrected chi connectivity index (χ4v) is 2.90. The van der Waals surface area contributed by atoms with Gasteiger partial charge in [0.25, 0.3) is 0 Å². The Labute approximate surface area is 153 Å². The van der Waals surface area contributed by atoms with Crippen molar-refractivity contribution in [1.29, 1.82) is 0 Å². The summed E-state index contributed by atoms with van der Waals surface area (Å²) in [6, 6.07) is 0.412. The molecule has 8 nitrogen and oxygen atoms in total. The number of hydrogen-bond donors (Lipinski definition) is 1. The van der Waals surface area contributed by atoms with Crippen LogP contribution < -0.4 is 10.2 Å². The Hall–Kier alpha value is -2.59. The van der Waals surface area contributed by atoms with Crippen LogP contribution in [0.25, 0.3) is 0 Å². The molecule has 2 rings (SSSR count). The molecule has 27 heavy (non-hydrogen) atoms. The van der Waals surface area contributed by atoms with E-state index in [1.165, 1.54) is 17.2 Å². The first kappa shape index (κ1) is 20.7. The Morgan fingerprint density at radius 1 is 1.37 bits per heavy atom. The van der Waals surface area contributed by atoms with Crippen molar-refractivity contribution in [2.24, 2.45) is 5.92 Å². The van der Waals surface area contributed by atoms with Crippen LogP contribution in [0.5, 0.6) is 0 Å². The van der Waals surface area contributed by atoms with E-state index in [0.29, 0.717) is 0 Å². The second-order valence-electron chi connectivity index (χ2n) is 7.34. The number of nitro groups is 1. The van der Waals surface area contributed by atoms with Gasteiger partial charge in [0, 0.05) is 19.3 Å². The van der Waals surface area contributed by atoms with Crippen molar-refractivity contribution in [3.05, 3.63) is 28.6 Å². The molecule has 1 N–H and O–H groups in total. The van der Waals surface area contributed by atoms with Gasteiger partial charge in [-0.15, -0.1) is 0 Å². The van der Waals surface area contributed by atoms with E-state index in [1.807, 2.05) is 0 Å². The Morgan fingerprint density at radius 2 is 2.04 bits per heavy atom. The molecule has 150 valence electrons. The molecule has 1 amide bonds. The number of nitrogens with zero attached hydrogens (tertiary/aromatic N) is 3. The molecule has 0 aliphatic carbocycles. The third-order valence-corrected chi connectivity index (χ3v) is 3.95. The van der Waals surface area contributed by atoms with E-state index in [0.717, 1.165) is 6.20 Å². The van der Waals surface area contributed by atoms with Gasteiger partial charge in [0.1, 0.15) is 17.5 Å². The van der Waals surface area contributed by atoms with Crippen molar-refractivity contribution in [2.75, 3.05) is 18.0 Å². The van der Waals surface area contributed by atoms with Gasteiger partial charge in [-0.2, -0.15) is 13.2 Å². The van der Waals surface area contributed by atoms with Crippen LogP contribution in [0, 0.1) is 16.0 Å². The van der Waals surface area contributed by atoms with Gasteiger partial charge in [0.05, 0.1) is 16.9 Å². The zero-order valence-electron chi connectivity index (χ0n) is 15.1. The number of nitrogens with one attached hydrogen (secondary N) is 1. The number of pyridine rings is 1. The highest BCUT2D eigenvalue weighted by molar-refractivity contribution is 5.68. The van der Waals surface area contributed by atoms with Crippen LogP contribution >= 0.6 is 0 Å². The lowest BCUT2D eigenvalue weighted by atomic mass is 9.93. The van der Waals surface area contributed by atoms with Crippen molar-refractivity contribution >= 4 is 17.5 Å². The van der Waals surface area contributed by atoms with E-state index < -0.39 is 47.0 Å². The summed E-state index contributed by atoms with van der Waals surface area (Å²) in [6.45, 7) is 4.45. The number of piperidine rings is 1. The van der Waals surface area contributed by atoms with E-state index in [4.69, 9.17) is 4.74 Å². The first-order valence-corrected chi connectivity index (χ1v) is 8.26. The molecule has 0 spiro atoms. The molecule has 11 heteroatoms. The summed E-state index contributed by atoms with van der Waals surface area (Å²) in [6.07, 6.45) is -3.41. The Kier molecular flexibility index (Phi) is 5.81. The lowest BCUT2D eigenvalue weighted by Gasteiger charge is -2.39. The molecule has 1 fully saturated rings. The van der Waals surface area contributed by atoms with Gasteiger partial charge in [0.15, 0.2) is 0 Å². The molecule has 1 aromatic heterocycles. The van der Waals surface area contributed by atoms with Crippen LogP contribution in [0.15, 0.2) is 18.5 Å². The minimum atomic E-state index is -4.51. The van der Waals surface area contributed by atoms with Gasteiger partial charge in [-0.05, 0) is 33.3 Å². The van der Waals surface area contributed by atoms with Crippen LogP contribution in [0.1, 0.15) is 27.2 Å². The summed E-state index contributed by atoms with van der Waals surface area (Å²) >= 11 is 0. The van der Waals surface area contributed by atoms with Crippen molar-refractivity contribution < 1.29 is 27.6 Å². The monoisotopic (exact) mass is 390 g/mol. The minimum absolute atomic E-state index is 0.0172. The Morgan fingerprint density at radius 3 is 2.59 bits per heavy atom. The molecule has 0 saturated carbocycles. The zero-order chi connectivity index (χ0) is 20.4. The molecular weight excluding hydrogens is 369 g/mol. The van der Waals surface area contributed by atoms with Crippen LogP contribution in [-0.2, 0) is 4.74 Å². The maximum Gasteiger partial charge on any atom is 0.407 e. The third-order valence-electron chi connectivity index (χ3n) is 3.95. The SMILES string of the molecule is CC(C)(C)OC(=O)N[C@H]1C[C@@H](C(F)(F)F)CN(c2ccncc2[N+](=O)[O-])C1. The quantitative estimate of drug-likeness (QED) is 0.628. The number of amides is 1. The molecule has 0 unspecified atom stereocenters. The normalized spacial score (nSPS) is 20.9. The van der Waals surface area contributed by atoms with Crippen molar-refractivity contribution in [2.45, 2.75) is 45.0 Å². The summed E-state index contributed by atoms with van der Waals surface area (Å²) in [5.41, 5.74) is -1.16. The number of alkyl carbamates (subject to hydrolysis) is 1. The predicted molar refractivity (Wildman–Crippen MR) is 90.4 cm³/mol. The topological polar surface area (TPSA) is 97.6 Å². The molecule has 1 saturated heterocycles. The van der Waals surface area contributed by atoms with Gasteiger partial charge in [-0.3, -0.25) is 15.1 Å². The molecular formula is C16H21F3N4O4. The molecule has 0 aromatic carbocycles. The molecule has 1 aromatic rings. The maximum absolute atomic E-state index is 13.4. The van der Waals surface area contributed by atoms with E-state index in [9.17, 15) is 28.1 Å². The number of hydrogen-bond acceptors (Lipinski definition) is 6. The number of ether oxygens (including phenoxy) is 1. The lowest BCUT2D eigenvalue weighted by Crippen LogP contribution is -2.54. The van der Waals surface area contributed by atoms with Gasteiger partial charge < -0.3 is 15.0 Å². The summed E-state index contributed by atoms with van der Waals surface area (Å²) in [7, 11) is 0. The van der Waals surface area contributed by atoms with Crippen LogP contribution in [0.3, 0.4) is 0 Å². The highest BCUT2D eigenvalue weighted by Gasteiger charge is 2.45. The van der Waals surface area contributed by atoms with Crippen LogP contribution in [0.2, 0.25) is 0 Å². The average Bonchev–Trinajstić information content (AvgIpc) is 2.51. The highest BCUT2D eigenvalue weighted by atomic mass is 19.4. The van der Waals surface area contributed by atoms with E-state index in [1.54, 1.807) is 20.8 Å². The molecule has 2 atom stereocenters. The summed E-state index contributed by atoms with van der Waals surface area (Å²) in [4.78, 5) is 27.3. The molecule has 1 aliphatic heterocycles. The number of halogens is 3. The first-order chi connectivity index (χ1) is 12.4. The Balaban J connectivity index is 2.26. The number of aromatic nitrogens is 1. The van der Waals surface area contributed by atoms with Crippen molar-refractivity contribution in [3.63, 3.8) is 0 Å². The summed E-state index contributed by atoms with van der Waals surface area (Å²) < 4.78 is 45.2. The fraction of sp³-hybridized carbons (Fsp3) is 0.625. The number of rotatable bonds is 3. The number of anilines is 1. The largest absolute Gasteiger partial charge is 0.444 e. The van der Waals surface area contributed by atoms with Gasteiger partial charge in [-0.1, -0.05) is 0 Å². The smallest absolute Gasteiger partial charge is 0.407 e. The number of carbonyl (C=O) groups excluding carboxylic acids is 1. The summed E-state index contributed by atoms with van der Waals surface area (Å²) in [5, 5.41) is 13.6. The standard InChI is InChI=1S/C16H21F3N4O4/c1-15(2,3)27-14(24)21-11-6-10(16(17,18)19)8-22(9-11)12-4-5-20-7-13(12)23(25)26/h4-5,7,10-11H,6,8-9H2,1-3H3,(H,21,24)/t10-,11+/m1/s1. The maximum atomic E-state index is 13.4. The average molecular weight is 390 g/mol. The summed E-state index contributed by atoms with van der Waals surface area (Å²) in [5.74, 6) is -1.75. The fourth-order valence-electron chi connectivity index (χ4n) is 2.90. The number of carbonyl (C=O) groups is 1. The molecule has 0 radical (unpaired) electrons. The van der Waals surface area contributed by atoms with Crippen molar-refractivity contribution in [3.8, 4) is 0 Å². The predicted octanol–water partition coefficient (Wildman–Crippen LogP) is 3.27. The zero-order valence-corrected chi connectivity index (χ0v) is 15.1. The molecule has 1 aliphatic rings. The van der Waals surface area contributed by atoms with Crippen molar-refractivity contribution in [1.82, 2.24) is 10.3 Å². The van der Waals surface area contributed by atoms with E-state index in [-0.39, 0.29) is 18.7 Å². The highest BCUT2D eigenvalue weighted by Crippen LogP contribution is 2.37. The second-order valence-corrected chi connectivity index (χ2v) is 7.34. The minimum Gasteiger partial charge on any atom is -0.444 e. The first-order valence-electron chi connectivity index (χ1n) is 8.26. The van der Waals surface area contributed by atoms with Gasteiger partial charge in [-0.25, -0.2) is 4.79 Å². The van der Waals surface area contributed by atoms with E-state index >= 15 is 0 Å². The third kappa shape index (κ3) is 5.69. The Bertz CT molecular complexity index is 706. The molecule has 0 bridgehead atoms. The second kappa shape index (κ2) is 7.57. The van der Waals surface area contributed by atoms with E-state index in [2.05, 4.69) is 10.3 Å². The van der Waals surface area contributed by atoms with Gasteiger partial charge >= 0.3 is 18.0 Å². The lowest BCUT2D eigenvalue weighted by molar-refractivity contribution is -0.384.